The van der Waals surface area contributed by atoms with Gasteiger partial charge in [-0.2, -0.15) is 0 Å². The van der Waals surface area contributed by atoms with E-state index in [1.165, 1.54) is 11.1 Å². The van der Waals surface area contributed by atoms with Gasteiger partial charge in [-0.05, 0) is 11.1 Å². The Hall–Kier alpha value is -1.39. The van der Waals surface area contributed by atoms with Crippen molar-refractivity contribution in [2.45, 2.75) is 20.0 Å². The molecule has 0 bridgehead atoms. The standard InChI is InChI=1S/C14H21N3O/c1-12(18)17-8-6-16(7-9-17)11-14-5-3-2-4-13(14)10-15/h2-5H,6-11,15H2,1H3. The highest BCUT2D eigenvalue weighted by Gasteiger charge is 2.18. The molecule has 1 aromatic carbocycles. The molecule has 0 aromatic heterocycles. The first-order chi connectivity index (χ1) is 8.70. The molecule has 1 aliphatic heterocycles. The van der Waals surface area contributed by atoms with Crippen molar-refractivity contribution in [3.63, 3.8) is 0 Å². The highest BCUT2D eigenvalue weighted by Crippen LogP contribution is 2.13. The summed E-state index contributed by atoms with van der Waals surface area (Å²) in [7, 11) is 0. The second kappa shape index (κ2) is 5.98. The van der Waals surface area contributed by atoms with Gasteiger partial charge < -0.3 is 10.6 Å². The first-order valence-corrected chi connectivity index (χ1v) is 6.45. The molecule has 1 heterocycles. The van der Waals surface area contributed by atoms with Crippen LogP contribution in [0.4, 0.5) is 0 Å². The molecule has 0 unspecified atom stereocenters. The van der Waals surface area contributed by atoms with E-state index >= 15 is 0 Å². The van der Waals surface area contributed by atoms with Crippen molar-refractivity contribution in [1.29, 1.82) is 0 Å². The zero-order valence-corrected chi connectivity index (χ0v) is 10.9. The van der Waals surface area contributed by atoms with E-state index in [1.807, 2.05) is 11.0 Å². The Labute approximate surface area is 108 Å². The van der Waals surface area contributed by atoms with Crippen molar-refractivity contribution in [3.05, 3.63) is 35.4 Å². The van der Waals surface area contributed by atoms with Crippen molar-refractivity contribution in [3.8, 4) is 0 Å². The van der Waals surface area contributed by atoms with Gasteiger partial charge in [0.25, 0.3) is 0 Å². The van der Waals surface area contributed by atoms with Gasteiger partial charge in [0.2, 0.25) is 5.91 Å². The van der Waals surface area contributed by atoms with E-state index in [0.29, 0.717) is 6.54 Å². The number of hydrogen-bond donors (Lipinski definition) is 1. The molecule has 4 nitrogen and oxygen atoms in total. The molecule has 0 saturated carbocycles. The summed E-state index contributed by atoms with van der Waals surface area (Å²) in [4.78, 5) is 15.5. The summed E-state index contributed by atoms with van der Waals surface area (Å²) in [6.45, 7) is 6.71. The van der Waals surface area contributed by atoms with E-state index in [4.69, 9.17) is 5.73 Å². The first kappa shape index (κ1) is 13.1. The molecule has 0 aliphatic carbocycles. The van der Waals surface area contributed by atoms with Crippen LogP contribution in [0.15, 0.2) is 24.3 Å². The Morgan fingerprint density at radius 1 is 1.17 bits per heavy atom. The van der Waals surface area contributed by atoms with Gasteiger partial charge in [-0.3, -0.25) is 9.69 Å². The van der Waals surface area contributed by atoms with E-state index in [2.05, 4.69) is 23.1 Å². The average Bonchev–Trinajstić information content (AvgIpc) is 2.40. The third-order valence-electron chi connectivity index (χ3n) is 3.55. The zero-order chi connectivity index (χ0) is 13.0. The Morgan fingerprint density at radius 3 is 2.33 bits per heavy atom. The lowest BCUT2D eigenvalue weighted by Crippen LogP contribution is -2.47. The van der Waals surface area contributed by atoms with Gasteiger partial charge in [-0.1, -0.05) is 24.3 Å². The smallest absolute Gasteiger partial charge is 0.219 e. The fraction of sp³-hybridized carbons (Fsp3) is 0.500. The van der Waals surface area contributed by atoms with Gasteiger partial charge in [-0.15, -0.1) is 0 Å². The van der Waals surface area contributed by atoms with Crippen LogP contribution in [-0.2, 0) is 17.9 Å². The SMILES string of the molecule is CC(=O)N1CCN(Cc2ccccc2CN)CC1. The Balaban J connectivity index is 1.93. The number of benzene rings is 1. The number of piperazine rings is 1. The molecular weight excluding hydrogens is 226 g/mol. The fourth-order valence-electron chi connectivity index (χ4n) is 2.37. The van der Waals surface area contributed by atoms with E-state index in [1.54, 1.807) is 6.92 Å². The largest absolute Gasteiger partial charge is 0.340 e. The summed E-state index contributed by atoms with van der Waals surface area (Å²) in [6, 6.07) is 8.31. The summed E-state index contributed by atoms with van der Waals surface area (Å²) in [5, 5.41) is 0. The minimum Gasteiger partial charge on any atom is -0.340 e. The van der Waals surface area contributed by atoms with E-state index in [0.717, 1.165) is 32.7 Å². The molecule has 2 N–H and O–H groups in total. The second-order valence-corrected chi connectivity index (χ2v) is 4.76. The predicted molar refractivity (Wildman–Crippen MR) is 71.9 cm³/mol. The Morgan fingerprint density at radius 2 is 1.78 bits per heavy atom. The summed E-state index contributed by atoms with van der Waals surface area (Å²) in [5.74, 6) is 0.178. The number of nitrogens with two attached hydrogens (primary N) is 1. The first-order valence-electron chi connectivity index (χ1n) is 6.45. The molecule has 1 aromatic rings. The molecule has 0 atom stereocenters. The lowest BCUT2D eigenvalue weighted by Gasteiger charge is -2.34. The summed E-state index contributed by atoms with van der Waals surface area (Å²) in [6.07, 6.45) is 0. The Bertz CT molecular complexity index is 411. The molecule has 2 rings (SSSR count). The number of hydrogen-bond acceptors (Lipinski definition) is 3. The van der Waals surface area contributed by atoms with Crippen LogP contribution in [0, 0.1) is 0 Å². The highest BCUT2D eigenvalue weighted by molar-refractivity contribution is 5.73. The van der Waals surface area contributed by atoms with Crippen molar-refractivity contribution in [1.82, 2.24) is 9.80 Å². The Kier molecular flexibility index (Phi) is 4.33. The van der Waals surface area contributed by atoms with Crippen LogP contribution in [0.5, 0.6) is 0 Å². The molecule has 1 fully saturated rings. The summed E-state index contributed by atoms with van der Waals surface area (Å²) >= 11 is 0. The lowest BCUT2D eigenvalue weighted by molar-refractivity contribution is -0.130. The minimum atomic E-state index is 0.178. The second-order valence-electron chi connectivity index (χ2n) is 4.76. The average molecular weight is 247 g/mol. The van der Waals surface area contributed by atoms with Crippen LogP contribution in [0.1, 0.15) is 18.1 Å². The molecule has 0 spiro atoms. The number of carbonyl (C=O) groups is 1. The third-order valence-corrected chi connectivity index (χ3v) is 3.55. The van der Waals surface area contributed by atoms with Crippen molar-refractivity contribution >= 4 is 5.91 Å². The van der Waals surface area contributed by atoms with Gasteiger partial charge >= 0.3 is 0 Å². The molecule has 98 valence electrons. The van der Waals surface area contributed by atoms with E-state index in [-0.39, 0.29) is 5.91 Å². The predicted octanol–water partition coefficient (Wildman–Crippen LogP) is 0.809. The van der Waals surface area contributed by atoms with Gasteiger partial charge in [0.1, 0.15) is 0 Å². The van der Waals surface area contributed by atoms with Crippen LogP contribution < -0.4 is 5.73 Å². The lowest BCUT2D eigenvalue weighted by atomic mass is 10.1. The number of nitrogens with zero attached hydrogens (tertiary/aromatic N) is 2. The molecule has 4 heteroatoms. The molecule has 1 aliphatic rings. The number of amides is 1. The molecule has 0 radical (unpaired) electrons. The van der Waals surface area contributed by atoms with Crippen molar-refractivity contribution in [2.24, 2.45) is 5.73 Å². The van der Waals surface area contributed by atoms with Gasteiger partial charge in [0.05, 0.1) is 0 Å². The number of carbonyl (C=O) groups excluding carboxylic acids is 1. The number of rotatable bonds is 3. The zero-order valence-electron chi connectivity index (χ0n) is 10.9. The van der Waals surface area contributed by atoms with Crippen LogP contribution in [0.25, 0.3) is 0 Å². The molecule has 1 amide bonds. The van der Waals surface area contributed by atoms with Gasteiger partial charge in [0.15, 0.2) is 0 Å². The monoisotopic (exact) mass is 247 g/mol. The fourth-order valence-corrected chi connectivity index (χ4v) is 2.37. The maximum absolute atomic E-state index is 11.3. The van der Waals surface area contributed by atoms with Crippen LogP contribution in [-0.4, -0.2) is 41.9 Å². The topological polar surface area (TPSA) is 49.6 Å². The molecule has 1 saturated heterocycles. The van der Waals surface area contributed by atoms with Gasteiger partial charge in [-0.25, -0.2) is 0 Å². The quantitative estimate of drug-likeness (QED) is 0.860. The normalized spacial score (nSPS) is 16.9. The molecule has 18 heavy (non-hydrogen) atoms. The maximum Gasteiger partial charge on any atom is 0.219 e. The minimum absolute atomic E-state index is 0.178. The highest BCUT2D eigenvalue weighted by atomic mass is 16.2. The molecular formula is C14H21N3O. The summed E-state index contributed by atoms with van der Waals surface area (Å²) in [5.41, 5.74) is 8.26. The maximum atomic E-state index is 11.3. The summed E-state index contributed by atoms with van der Waals surface area (Å²) < 4.78 is 0. The van der Waals surface area contributed by atoms with Crippen LogP contribution in [0.2, 0.25) is 0 Å². The third kappa shape index (κ3) is 3.09. The van der Waals surface area contributed by atoms with Crippen molar-refractivity contribution in [2.75, 3.05) is 26.2 Å². The van der Waals surface area contributed by atoms with Crippen LogP contribution in [0.3, 0.4) is 0 Å². The van der Waals surface area contributed by atoms with Gasteiger partial charge in [0, 0.05) is 46.2 Å². The van der Waals surface area contributed by atoms with E-state index in [9.17, 15) is 4.79 Å². The van der Waals surface area contributed by atoms with Crippen LogP contribution >= 0.6 is 0 Å². The van der Waals surface area contributed by atoms with Crippen molar-refractivity contribution < 1.29 is 4.79 Å². The van der Waals surface area contributed by atoms with E-state index < -0.39 is 0 Å².